The number of carbonyl (C=O) groups is 1. The molecule has 84 valence electrons. The van der Waals surface area contributed by atoms with Crippen LogP contribution in [0.4, 0.5) is 0 Å². The van der Waals surface area contributed by atoms with Crippen LogP contribution in [-0.4, -0.2) is 29.5 Å². The minimum atomic E-state index is -0.684. The molecule has 1 amide bonds. The van der Waals surface area contributed by atoms with Gasteiger partial charge in [-0.05, 0) is 25.7 Å². The van der Waals surface area contributed by atoms with Gasteiger partial charge >= 0.3 is 0 Å². The molecule has 0 aromatic heterocycles. The number of nitrogens with one attached hydrogen (secondary N) is 1. The largest absolute Gasteiger partial charge is 0.354 e. The molecule has 0 aromatic rings. The molecule has 0 aromatic carbocycles. The highest BCUT2D eigenvalue weighted by Crippen LogP contribution is 2.37. The molecule has 0 aliphatic heterocycles. The highest BCUT2D eigenvalue weighted by atomic mass is 32.2. The van der Waals surface area contributed by atoms with Crippen LogP contribution in [0.2, 0.25) is 0 Å². The summed E-state index contributed by atoms with van der Waals surface area (Å²) >= 11 is 1.64. The predicted octanol–water partition coefficient (Wildman–Crippen LogP) is 0.596. The first kappa shape index (κ1) is 12.4. The molecule has 1 unspecified atom stereocenters. The molecule has 1 saturated carbocycles. The van der Waals surface area contributed by atoms with Gasteiger partial charge in [0.1, 0.15) is 0 Å². The Balaban J connectivity index is 2.15. The first-order chi connectivity index (χ1) is 7.09. The third kappa shape index (κ3) is 3.77. The van der Waals surface area contributed by atoms with E-state index in [9.17, 15) is 4.79 Å². The normalized spacial score (nSPS) is 19.0. The van der Waals surface area contributed by atoms with Crippen LogP contribution in [-0.2, 0) is 4.79 Å². The highest BCUT2D eigenvalue weighted by Gasteiger charge is 2.43. The molecule has 4 heteroatoms. The van der Waals surface area contributed by atoms with Crippen LogP contribution in [0.5, 0.6) is 0 Å². The van der Waals surface area contributed by atoms with Crippen molar-refractivity contribution < 1.29 is 4.79 Å². The van der Waals surface area contributed by atoms with Crippen molar-refractivity contribution >= 4 is 17.7 Å². The van der Waals surface area contributed by atoms with Gasteiger partial charge in [0, 0.05) is 12.3 Å². The summed E-state index contributed by atoms with van der Waals surface area (Å²) in [5, 5.41) is 2.85. The van der Waals surface area contributed by atoms with Crippen LogP contribution >= 0.6 is 11.8 Å². The van der Waals surface area contributed by atoms with Crippen LogP contribution in [0.3, 0.4) is 0 Å². The van der Waals surface area contributed by atoms with Gasteiger partial charge in [0.2, 0.25) is 5.91 Å². The lowest BCUT2D eigenvalue weighted by Gasteiger charge is -2.22. The van der Waals surface area contributed by atoms with Gasteiger partial charge in [-0.2, -0.15) is 0 Å². The standard InChI is InChI=1S/C11H18N2OS/c1-3-7-15-8-6-13-10(14)11(2,12)9-4-5-9/h1,9H,4-8,12H2,2H3,(H,13,14). The fourth-order valence-electron chi connectivity index (χ4n) is 1.43. The summed E-state index contributed by atoms with van der Waals surface area (Å²) in [6, 6.07) is 0. The van der Waals surface area contributed by atoms with E-state index in [1.807, 2.05) is 6.92 Å². The second-order valence-electron chi connectivity index (χ2n) is 4.07. The van der Waals surface area contributed by atoms with Crippen LogP contribution in [0.25, 0.3) is 0 Å². The topological polar surface area (TPSA) is 55.1 Å². The van der Waals surface area contributed by atoms with Crippen molar-refractivity contribution in [2.24, 2.45) is 11.7 Å². The number of carbonyl (C=O) groups excluding carboxylic acids is 1. The summed E-state index contributed by atoms with van der Waals surface area (Å²) in [5.74, 6) is 4.41. The minimum Gasteiger partial charge on any atom is -0.354 e. The maximum absolute atomic E-state index is 11.7. The van der Waals surface area contributed by atoms with Crippen molar-refractivity contribution in [3.05, 3.63) is 0 Å². The molecule has 0 saturated heterocycles. The van der Waals surface area contributed by atoms with Gasteiger partial charge in [-0.1, -0.05) is 5.92 Å². The maximum Gasteiger partial charge on any atom is 0.240 e. The van der Waals surface area contributed by atoms with Crippen molar-refractivity contribution in [1.29, 1.82) is 0 Å². The Morgan fingerprint density at radius 1 is 1.73 bits per heavy atom. The van der Waals surface area contributed by atoms with E-state index in [0.717, 1.165) is 18.6 Å². The smallest absolute Gasteiger partial charge is 0.240 e. The number of rotatable bonds is 6. The molecule has 0 heterocycles. The third-order valence-electron chi connectivity index (χ3n) is 2.63. The molecule has 0 bridgehead atoms. The SMILES string of the molecule is C#CCSCCNC(=O)C(C)(N)C1CC1. The molecule has 3 N–H and O–H groups in total. The summed E-state index contributed by atoms with van der Waals surface area (Å²) < 4.78 is 0. The Morgan fingerprint density at radius 2 is 2.40 bits per heavy atom. The number of hydrogen-bond acceptors (Lipinski definition) is 3. The number of nitrogens with two attached hydrogens (primary N) is 1. The summed E-state index contributed by atoms with van der Waals surface area (Å²) in [5.41, 5.74) is 5.27. The van der Waals surface area contributed by atoms with E-state index in [-0.39, 0.29) is 5.91 Å². The van der Waals surface area contributed by atoms with E-state index in [1.54, 1.807) is 11.8 Å². The van der Waals surface area contributed by atoms with Crippen LogP contribution in [0.15, 0.2) is 0 Å². The van der Waals surface area contributed by atoms with Crippen molar-refractivity contribution in [2.45, 2.75) is 25.3 Å². The van der Waals surface area contributed by atoms with E-state index in [4.69, 9.17) is 12.2 Å². The van der Waals surface area contributed by atoms with Gasteiger partial charge in [0.25, 0.3) is 0 Å². The predicted molar refractivity (Wildman–Crippen MR) is 64.5 cm³/mol. The zero-order chi connectivity index (χ0) is 11.3. The van der Waals surface area contributed by atoms with Crippen molar-refractivity contribution in [3.8, 4) is 12.3 Å². The zero-order valence-electron chi connectivity index (χ0n) is 9.08. The lowest BCUT2D eigenvalue weighted by Crippen LogP contribution is -2.53. The van der Waals surface area contributed by atoms with Gasteiger partial charge in [0.15, 0.2) is 0 Å². The molecule has 0 radical (unpaired) electrons. The number of amides is 1. The first-order valence-electron chi connectivity index (χ1n) is 5.17. The van der Waals surface area contributed by atoms with Crippen molar-refractivity contribution in [3.63, 3.8) is 0 Å². The lowest BCUT2D eigenvalue weighted by atomic mass is 9.96. The van der Waals surface area contributed by atoms with Gasteiger partial charge < -0.3 is 11.1 Å². The molecule has 0 spiro atoms. The van der Waals surface area contributed by atoms with Gasteiger partial charge in [-0.3, -0.25) is 4.79 Å². The van der Waals surface area contributed by atoms with Crippen LogP contribution in [0, 0.1) is 18.3 Å². The van der Waals surface area contributed by atoms with E-state index >= 15 is 0 Å². The first-order valence-corrected chi connectivity index (χ1v) is 6.33. The molecule has 1 aliphatic rings. The average molecular weight is 226 g/mol. The average Bonchev–Trinajstić information content (AvgIpc) is 3.00. The Hall–Kier alpha value is -0.660. The van der Waals surface area contributed by atoms with E-state index in [2.05, 4.69) is 11.2 Å². The fourth-order valence-corrected chi connectivity index (χ4v) is 1.94. The molecule has 15 heavy (non-hydrogen) atoms. The summed E-state index contributed by atoms with van der Waals surface area (Å²) in [6.07, 6.45) is 7.26. The van der Waals surface area contributed by atoms with E-state index in [0.29, 0.717) is 18.2 Å². The highest BCUT2D eigenvalue weighted by molar-refractivity contribution is 7.99. The van der Waals surface area contributed by atoms with Gasteiger partial charge in [-0.15, -0.1) is 18.2 Å². The molecule has 1 aliphatic carbocycles. The summed E-state index contributed by atoms with van der Waals surface area (Å²) in [4.78, 5) is 11.7. The van der Waals surface area contributed by atoms with Crippen molar-refractivity contribution in [2.75, 3.05) is 18.1 Å². The fraction of sp³-hybridized carbons (Fsp3) is 0.727. The summed E-state index contributed by atoms with van der Waals surface area (Å²) in [7, 11) is 0. The molecule has 3 nitrogen and oxygen atoms in total. The lowest BCUT2D eigenvalue weighted by molar-refractivity contribution is -0.126. The zero-order valence-corrected chi connectivity index (χ0v) is 9.90. The Kier molecular flexibility index (Phi) is 4.49. The molecular formula is C11H18N2OS. The molecule has 1 atom stereocenters. The van der Waals surface area contributed by atoms with Crippen LogP contribution in [0.1, 0.15) is 19.8 Å². The minimum absolute atomic E-state index is 0.0358. The quantitative estimate of drug-likeness (QED) is 0.515. The number of hydrogen-bond donors (Lipinski definition) is 2. The maximum atomic E-state index is 11.7. The van der Waals surface area contributed by atoms with E-state index < -0.39 is 5.54 Å². The Labute approximate surface area is 95.6 Å². The molecule has 1 fully saturated rings. The Morgan fingerprint density at radius 3 is 2.93 bits per heavy atom. The molecular weight excluding hydrogens is 208 g/mol. The second kappa shape index (κ2) is 5.43. The van der Waals surface area contributed by atoms with Crippen molar-refractivity contribution in [1.82, 2.24) is 5.32 Å². The van der Waals surface area contributed by atoms with Gasteiger partial charge in [-0.25, -0.2) is 0 Å². The summed E-state index contributed by atoms with van der Waals surface area (Å²) in [6.45, 7) is 2.46. The van der Waals surface area contributed by atoms with E-state index in [1.165, 1.54) is 0 Å². The second-order valence-corrected chi connectivity index (χ2v) is 5.17. The monoisotopic (exact) mass is 226 g/mol. The third-order valence-corrected chi connectivity index (χ3v) is 3.50. The Bertz CT molecular complexity index is 266. The molecule has 1 rings (SSSR count). The number of terminal acetylenes is 1. The van der Waals surface area contributed by atoms with Gasteiger partial charge in [0.05, 0.1) is 11.3 Å². The van der Waals surface area contributed by atoms with Crippen LogP contribution < -0.4 is 11.1 Å². The number of thioether (sulfide) groups is 1.